The minimum atomic E-state index is -2.87. The molecule has 0 rings (SSSR count). The monoisotopic (exact) mass is 226 g/mol. The van der Waals surface area contributed by atoms with Crippen molar-refractivity contribution >= 4 is 18.8 Å². The zero-order valence-corrected chi connectivity index (χ0v) is 11.1. The van der Waals surface area contributed by atoms with E-state index in [9.17, 15) is 8.42 Å². The van der Waals surface area contributed by atoms with Crippen molar-refractivity contribution in [2.45, 2.75) is 57.3 Å². The van der Waals surface area contributed by atoms with Gasteiger partial charge in [0.15, 0.2) is 8.87 Å². The Bertz CT molecular complexity index is 232. The van der Waals surface area contributed by atoms with Crippen molar-refractivity contribution in [2.24, 2.45) is 0 Å². The van der Waals surface area contributed by atoms with Crippen molar-refractivity contribution in [1.82, 2.24) is 0 Å². The van der Waals surface area contributed by atoms with Crippen molar-refractivity contribution in [2.75, 3.05) is 0 Å². The summed E-state index contributed by atoms with van der Waals surface area (Å²) in [6.45, 7) is 11.6. The topological polar surface area (TPSA) is 34.1 Å². The molecule has 0 bridgehead atoms. The highest BCUT2D eigenvalue weighted by atomic mass is 33.2. The van der Waals surface area contributed by atoms with Gasteiger partial charge in [0.05, 0.1) is 5.25 Å². The van der Waals surface area contributed by atoms with Crippen LogP contribution in [0.4, 0.5) is 0 Å². The molecule has 0 aliphatic rings. The van der Waals surface area contributed by atoms with Crippen LogP contribution in [0.25, 0.3) is 0 Å². The van der Waals surface area contributed by atoms with Gasteiger partial charge < -0.3 is 0 Å². The third-order valence-electron chi connectivity index (χ3n) is 1.91. The van der Waals surface area contributed by atoms with E-state index in [-0.39, 0.29) is 15.7 Å². The summed E-state index contributed by atoms with van der Waals surface area (Å²) >= 11 is 0. The van der Waals surface area contributed by atoms with Crippen molar-refractivity contribution in [3.8, 4) is 0 Å². The van der Waals surface area contributed by atoms with Crippen molar-refractivity contribution < 1.29 is 8.42 Å². The predicted molar refractivity (Wildman–Crippen MR) is 63.3 cm³/mol. The minimum Gasteiger partial charge on any atom is -0.219 e. The third-order valence-corrected chi connectivity index (χ3v) is 11.3. The third kappa shape index (κ3) is 3.17. The van der Waals surface area contributed by atoms with Gasteiger partial charge in [0.2, 0.25) is 0 Å². The lowest BCUT2D eigenvalue weighted by Gasteiger charge is -2.31. The molecule has 0 aromatic rings. The SMILES string of the molecule is CC(C)[SH](C(C)C)S(=O)(=O)C(C)C. The average molecular weight is 226 g/mol. The summed E-state index contributed by atoms with van der Waals surface area (Å²) < 4.78 is 23.9. The van der Waals surface area contributed by atoms with Crippen LogP contribution in [0.5, 0.6) is 0 Å². The molecule has 0 radical (unpaired) electrons. The number of hydrogen-bond donors (Lipinski definition) is 1. The molecule has 0 aliphatic heterocycles. The van der Waals surface area contributed by atoms with Crippen LogP contribution in [0, 0.1) is 0 Å². The van der Waals surface area contributed by atoms with Gasteiger partial charge in [-0.2, -0.15) is 0 Å². The molecule has 0 atom stereocenters. The molecule has 0 N–H and O–H groups in total. The van der Waals surface area contributed by atoms with Gasteiger partial charge in [0.25, 0.3) is 0 Å². The molecule has 0 fully saturated rings. The zero-order chi connectivity index (χ0) is 10.8. The van der Waals surface area contributed by atoms with Crippen LogP contribution < -0.4 is 0 Å². The first kappa shape index (κ1) is 13.3. The molecule has 0 heterocycles. The van der Waals surface area contributed by atoms with Gasteiger partial charge in [-0.05, 0) is 24.3 Å². The summed E-state index contributed by atoms with van der Waals surface area (Å²) in [7, 11) is -3.76. The Morgan fingerprint density at radius 3 is 1.23 bits per heavy atom. The second kappa shape index (κ2) is 4.69. The second-order valence-corrected chi connectivity index (χ2v) is 11.7. The molecule has 0 saturated heterocycles. The van der Waals surface area contributed by atoms with E-state index >= 15 is 0 Å². The van der Waals surface area contributed by atoms with Crippen molar-refractivity contribution in [3.05, 3.63) is 0 Å². The molecular weight excluding hydrogens is 204 g/mol. The van der Waals surface area contributed by atoms with E-state index in [1.807, 2.05) is 27.7 Å². The van der Waals surface area contributed by atoms with Crippen LogP contribution in [0.3, 0.4) is 0 Å². The summed E-state index contributed by atoms with van der Waals surface area (Å²) in [4.78, 5) is 0. The fraction of sp³-hybridized carbons (Fsp3) is 1.00. The first-order valence-electron chi connectivity index (χ1n) is 4.73. The fourth-order valence-corrected chi connectivity index (χ4v) is 9.27. The van der Waals surface area contributed by atoms with Gasteiger partial charge >= 0.3 is 0 Å². The van der Waals surface area contributed by atoms with Gasteiger partial charge in [0, 0.05) is 0 Å². The largest absolute Gasteiger partial charge is 0.219 e. The maximum absolute atomic E-state index is 11.9. The molecule has 0 aromatic heterocycles. The Kier molecular flexibility index (Phi) is 4.80. The van der Waals surface area contributed by atoms with Crippen LogP contribution in [0.15, 0.2) is 0 Å². The standard InChI is InChI=1S/C9H22O2S2/c1-7(2)12(8(3)4)13(10,11)9(5)6/h7-9,12H,1-6H3. The first-order chi connectivity index (χ1) is 5.71. The smallest absolute Gasteiger partial charge is 0.185 e. The van der Waals surface area contributed by atoms with Crippen LogP contribution in [0.1, 0.15) is 41.5 Å². The Morgan fingerprint density at radius 2 is 1.15 bits per heavy atom. The summed E-state index contributed by atoms with van der Waals surface area (Å²) in [5.74, 6) is 0. The molecular formula is C9H22O2S2. The Morgan fingerprint density at radius 1 is 0.846 bits per heavy atom. The van der Waals surface area contributed by atoms with Crippen LogP contribution in [-0.4, -0.2) is 24.2 Å². The fourth-order valence-electron chi connectivity index (χ4n) is 1.43. The predicted octanol–water partition coefficient (Wildman–Crippen LogP) is 2.54. The highest BCUT2D eigenvalue weighted by Crippen LogP contribution is 2.44. The summed E-state index contributed by atoms with van der Waals surface area (Å²) in [6.07, 6.45) is 0. The normalized spacial score (nSPS) is 14.4. The lowest BCUT2D eigenvalue weighted by molar-refractivity contribution is 0.601. The quantitative estimate of drug-likeness (QED) is 0.590. The van der Waals surface area contributed by atoms with E-state index in [0.29, 0.717) is 0 Å². The lowest BCUT2D eigenvalue weighted by atomic mass is 10.6. The highest BCUT2D eigenvalue weighted by Gasteiger charge is 2.29. The van der Waals surface area contributed by atoms with Crippen LogP contribution >= 0.6 is 9.93 Å². The average Bonchev–Trinajstić information content (AvgIpc) is 1.82. The molecule has 0 aromatic carbocycles. The molecule has 82 valence electrons. The molecule has 0 aliphatic carbocycles. The van der Waals surface area contributed by atoms with Crippen LogP contribution in [0.2, 0.25) is 0 Å². The molecule has 13 heavy (non-hydrogen) atoms. The molecule has 0 saturated carbocycles. The first-order valence-corrected chi connectivity index (χ1v) is 8.36. The summed E-state index contributed by atoms with van der Waals surface area (Å²) in [6, 6.07) is 0. The van der Waals surface area contributed by atoms with Gasteiger partial charge in [-0.25, -0.2) is 8.42 Å². The molecule has 0 amide bonds. The summed E-state index contributed by atoms with van der Waals surface area (Å²) in [5.41, 5.74) is 0. The second-order valence-electron chi connectivity index (χ2n) is 4.11. The van der Waals surface area contributed by atoms with E-state index in [1.54, 1.807) is 13.8 Å². The van der Waals surface area contributed by atoms with Gasteiger partial charge in [-0.3, -0.25) is 0 Å². The lowest BCUT2D eigenvalue weighted by Crippen LogP contribution is -2.23. The Labute approximate surface area is 84.8 Å². The van der Waals surface area contributed by atoms with E-state index in [1.165, 1.54) is 0 Å². The van der Waals surface area contributed by atoms with Gasteiger partial charge in [-0.1, -0.05) is 27.7 Å². The van der Waals surface area contributed by atoms with Crippen molar-refractivity contribution in [3.63, 3.8) is 0 Å². The molecule has 4 heteroatoms. The molecule has 0 spiro atoms. The highest BCUT2D eigenvalue weighted by molar-refractivity contribution is 8.81. The Hall–Kier alpha value is 0.300. The van der Waals surface area contributed by atoms with E-state index in [4.69, 9.17) is 0 Å². The van der Waals surface area contributed by atoms with Crippen LogP contribution in [-0.2, 0) is 8.87 Å². The summed E-state index contributed by atoms with van der Waals surface area (Å²) in [5, 5.41) is 0.299. The van der Waals surface area contributed by atoms with E-state index in [0.717, 1.165) is 0 Å². The molecule has 2 nitrogen and oxygen atoms in total. The zero-order valence-electron chi connectivity index (χ0n) is 9.40. The van der Waals surface area contributed by atoms with E-state index in [2.05, 4.69) is 0 Å². The molecule has 0 unspecified atom stereocenters. The maximum atomic E-state index is 11.9. The number of hydrogen-bond acceptors (Lipinski definition) is 2. The maximum Gasteiger partial charge on any atom is 0.185 e. The minimum absolute atomic E-state index is 0.233. The van der Waals surface area contributed by atoms with Crippen molar-refractivity contribution in [1.29, 1.82) is 0 Å². The number of rotatable bonds is 4. The Balaban J connectivity index is 4.97. The number of thiol groups is 1. The van der Waals surface area contributed by atoms with Gasteiger partial charge in [-0.15, -0.1) is 9.93 Å². The van der Waals surface area contributed by atoms with E-state index < -0.39 is 18.8 Å². The van der Waals surface area contributed by atoms with Gasteiger partial charge in [0.1, 0.15) is 0 Å².